The van der Waals surface area contributed by atoms with Crippen molar-refractivity contribution in [2.75, 3.05) is 61.2 Å². The number of carbonyl (C=O) groups excluding carboxylic acids is 1. The summed E-state index contributed by atoms with van der Waals surface area (Å²) >= 11 is 0. The van der Waals surface area contributed by atoms with E-state index in [0.717, 1.165) is 31.3 Å². The molecule has 0 atom stereocenters. The highest BCUT2D eigenvalue weighted by molar-refractivity contribution is 5.53. The highest BCUT2D eigenvalue weighted by Gasteiger charge is 2.10. The SMILES string of the molecule is CC[N+](C)(C)CCOCCOC.COC(=O)[O-]. The summed E-state index contributed by atoms with van der Waals surface area (Å²) in [6.45, 7) is 6.63. The predicted molar refractivity (Wildman–Crippen MR) is 62.6 cm³/mol. The van der Waals surface area contributed by atoms with E-state index < -0.39 is 6.16 Å². The fourth-order valence-corrected chi connectivity index (χ4v) is 0.714. The first-order chi connectivity index (χ1) is 7.89. The van der Waals surface area contributed by atoms with Gasteiger partial charge < -0.3 is 28.6 Å². The number of ether oxygens (including phenoxy) is 3. The monoisotopic (exact) mass is 251 g/mol. The van der Waals surface area contributed by atoms with Gasteiger partial charge in [0.25, 0.3) is 6.16 Å². The molecule has 0 bridgehead atoms. The average molecular weight is 251 g/mol. The summed E-state index contributed by atoms with van der Waals surface area (Å²) in [4.78, 5) is 9.03. The zero-order valence-electron chi connectivity index (χ0n) is 11.5. The second-order valence-electron chi connectivity index (χ2n) is 4.03. The van der Waals surface area contributed by atoms with Gasteiger partial charge in [-0.15, -0.1) is 0 Å². The summed E-state index contributed by atoms with van der Waals surface area (Å²) in [5, 5.41) is 9.03. The summed E-state index contributed by atoms with van der Waals surface area (Å²) in [5.74, 6) is 0. The molecule has 0 saturated carbocycles. The zero-order chi connectivity index (χ0) is 13.7. The van der Waals surface area contributed by atoms with Crippen molar-refractivity contribution in [2.24, 2.45) is 0 Å². The summed E-state index contributed by atoms with van der Waals surface area (Å²) < 4.78 is 14.8. The Morgan fingerprint density at radius 1 is 1.18 bits per heavy atom. The van der Waals surface area contributed by atoms with Crippen LogP contribution in [0.2, 0.25) is 0 Å². The van der Waals surface area contributed by atoms with E-state index in [1.807, 2.05) is 0 Å². The van der Waals surface area contributed by atoms with Crippen LogP contribution in [-0.2, 0) is 14.2 Å². The lowest BCUT2D eigenvalue weighted by molar-refractivity contribution is -0.888. The lowest BCUT2D eigenvalue weighted by Gasteiger charge is -2.27. The van der Waals surface area contributed by atoms with Gasteiger partial charge >= 0.3 is 0 Å². The maximum Gasteiger partial charge on any atom is 0.251 e. The van der Waals surface area contributed by atoms with Crippen LogP contribution in [0.25, 0.3) is 0 Å². The molecule has 0 heterocycles. The molecule has 0 aliphatic carbocycles. The van der Waals surface area contributed by atoms with Crippen molar-refractivity contribution in [1.82, 2.24) is 0 Å². The normalized spacial score (nSPS) is 10.4. The van der Waals surface area contributed by atoms with Crippen LogP contribution < -0.4 is 5.11 Å². The molecular formula is C11H25NO5. The van der Waals surface area contributed by atoms with Crippen LogP contribution >= 0.6 is 0 Å². The number of hydrogen-bond donors (Lipinski definition) is 0. The number of methoxy groups -OCH3 is 2. The fraction of sp³-hybridized carbons (Fsp3) is 0.909. The van der Waals surface area contributed by atoms with Crippen molar-refractivity contribution in [2.45, 2.75) is 6.92 Å². The molecule has 0 unspecified atom stereocenters. The van der Waals surface area contributed by atoms with Crippen molar-refractivity contribution in [1.29, 1.82) is 0 Å². The molecule has 0 N–H and O–H groups in total. The van der Waals surface area contributed by atoms with Gasteiger partial charge in [0, 0.05) is 14.2 Å². The molecule has 17 heavy (non-hydrogen) atoms. The second-order valence-corrected chi connectivity index (χ2v) is 4.03. The summed E-state index contributed by atoms with van der Waals surface area (Å²) in [5.41, 5.74) is 0. The van der Waals surface area contributed by atoms with E-state index >= 15 is 0 Å². The standard InChI is InChI=1S/C9H22NO2.C2H4O3/c1-5-10(2,3)6-7-12-9-8-11-4;1-5-2(3)4/h5-9H2,1-4H3;1H3,(H,3,4)/q+1;/p-1. The highest BCUT2D eigenvalue weighted by Crippen LogP contribution is 1.94. The molecule has 0 amide bonds. The molecular weight excluding hydrogens is 226 g/mol. The number of carboxylic acid groups (broad SMARTS) is 1. The van der Waals surface area contributed by atoms with Gasteiger partial charge in [0.1, 0.15) is 6.54 Å². The maximum absolute atomic E-state index is 9.03. The molecule has 0 aromatic heterocycles. The number of rotatable bonds is 7. The zero-order valence-corrected chi connectivity index (χ0v) is 11.5. The largest absolute Gasteiger partial charge is 0.553 e. The quantitative estimate of drug-likeness (QED) is 0.354. The summed E-state index contributed by atoms with van der Waals surface area (Å²) in [6, 6.07) is 0. The van der Waals surface area contributed by atoms with Gasteiger partial charge in [-0.05, 0) is 6.92 Å². The maximum atomic E-state index is 9.03. The lowest BCUT2D eigenvalue weighted by atomic mass is 10.4. The van der Waals surface area contributed by atoms with Gasteiger partial charge in [-0.3, -0.25) is 0 Å². The number of likely N-dealkylation sites (N-methyl/N-ethyl adjacent to an activating group) is 1. The molecule has 0 spiro atoms. The Hall–Kier alpha value is -0.850. The van der Waals surface area contributed by atoms with Gasteiger partial charge in [-0.2, -0.15) is 0 Å². The van der Waals surface area contributed by atoms with Gasteiger partial charge in [0.2, 0.25) is 0 Å². The smallest absolute Gasteiger partial charge is 0.251 e. The molecule has 0 aromatic rings. The van der Waals surface area contributed by atoms with Gasteiger partial charge in [0.15, 0.2) is 0 Å². The highest BCUT2D eigenvalue weighted by atomic mass is 16.6. The Kier molecular flexibility index (Phi) is 12.7. The van der Waals surface area contributed by atoms with Crippen LogP contribution in [0.3, 0.4) is 0 Å². The van der Waals surface area contributed by atoms with Gasteiger partial charge in [-0.25, -0.2) is 0 Å². The van der Waals surface area contributed by atoms with Gasteiger partial charge in [0.05, 0.1) is 40.5 Å². The van der Waals surface area contributed by atoms with E-state index in [4.69, 9.17) is 19.4 Å². The third-order valence-electron chi connectivity index (χ3n) is 2.30. The third kappa shape index (κ3) is 17.7. The second kappa shape index (κ2) is 11.6. The first kappa shape index (κ1) is 18.5. The number of quaternary nitrogens is 1. The minimum atomic E-state index is -1.50. The van der Waals surface area contributed by atoms with Crippen LogP contribution in [0.1, 0.15) is 6.92 Å². The van der Waals surface area contributed by atoms with E-state index in [9.17, 15) is 0 Å². The Balaban J connectivity index is 0. The average Bonchev–Trinajstić information content (AvgIpc) is 2.29. The molecule has 6 nitrogen and oxygen atoms in total. The van der Waals surface area contributed by atoms with Crippen molar-refractivity contribution in [3.05, 3.63) is 0 Å². The topological polar surface area (TPSA) is 67.8 Å². The van der Waals surface area contributed by atoms with E-state index in [0.29, 0.717) is 13.2 Å². The Bertz CT molecular complexity index is 185. The molecule has 0 saturated heterocycles. The molecule has 104 valence electrons. The Morgan fingerprint density at radius 3 is 2.06 bits per heavy atom. The van der Waals surface area contributed by atoms with Crippen molar-refractivity contribution in [3.63, 3.8) is 0 Å². The third-order valence-corrected chi connectivity index (χ3v) is 2.30. The number of hydrogen-bond acceptors (Lipinski definition) is 5. The molecule has 0 fully saturated rings. The van der Waals surface area contributed by atoms with Crippen LogP contribution in [0.5, 0.6) is 0 Å². The Morgan fingerprint density at radius 2 is 1.71 bits per heavy atom. The summed E-state index contributed by atoms with van der Waals surface area (Å²) in [6.07, 6.45) is -1.50. The van der Waals surface area contributed by atoms with Crippen LogP contribution in [-0.4, -0.2) is 71.9 Å². The molecule has 6 heteroatoms. The molecule has 0 aliphatic rings. The van der Waals surface area contributed by atoms with Crippen LogP contribution in [0.4, 0.5) is 4.79 Å². The predicted octanol–water partition coefficient (Wildman–Crippen LogP) is -0.278. The van der Waals surface area contributed by atoms with Crippen molar-refractivity contribution in [3.8, 4) is 0 Å². The van der Waals surface area contributed by atoms with Gasteiger partial charge in [-0.1, -0.05) is 0 Å². The molecule has 0 rings (SSSR count). The first-order valence-electron chi connectivity index (χ1n) is 5.53. The molecule has 0 radical (unpaired) electrons. The molecule has 0 aromatic carbocycles. The Labute approximate surface area is 104 Å². The lowest BCUT2D eigenvalue weighted by Crippen LogP contribution is -2.42. The van der Waals surface area contributed by atoms with E-state index in [-0.39, 0.29) is 0 Å². The number of carbonyl (C=O) groups is 1. The van der Waals surface area contributed by atoms with E-state index in [1.165, 1.54) is 0 Å². The number of nitrogens with zero attached hydrogens (tertiary/aromatic N) is 1. The minimum Gasteiger partial charge on any atom is -0.553 e. The van der Waals surface area contributed by atoms with Crippen molar-refractivity contribution >= 4 is 6.16 Å². The van der Waals surface area contributed by atoms with E-state index in [2.05, 4.69) is 25.8 Å². The molecule has 0 aliphatic heterocycles. The fourth-order valence-electron chi connectivity index (χ4n) is 0.714. The minimum absolute atomic E-state index is 0.694. The van der Waals surface area contributed by atoms with E-state index in [1.54, 1.807) is 7.11 Å². The summed E-state index contributed by atoms with van der Waals surface area (Å²) in [7, 11) is 7.14. The van der Waals surface area contributed by atoms with Crippen LogP contribution in [0.15, 0.2) is 0 Å². The van der Waals surface area contributed by atoms with Crippen molar-refractivity contribution < 1.29 is 28.6 Å². The van der Waals surface area contributed by atoms with Crippen LogP contribution in [0, 0.1) is 0 Å². The first-order valence-corrected chi connectivity index (χ1v) is 5.53.